The highest BCUT2D eigenvalue weighted by Crippen LogP contribution is 2.45. The fourth-order valence-electron chi connectivity index (χ4n) is 3.05. The van der Waals surface area contributed by atoms with Crippen LogP contribution in [0.2, 0.25) is 18.1 Å². The first kappa shape index (κ1) is 23.2. The number of fused-ring (bicyclic) bond motifs is 1. The molecule has 0 aromatic heterocycles. The predicted octanol–water partition coefficient (Wildman–Crippen LogP) is 1.98. The summed E-state index contributed by atoms with van der Waals surface area (Å²) in [6.45, 7) is 15.4. The summed E-state index contributed by atoms with van der Waals surface area (Å²) in [7, 11) is -5.94. The van der Waals surface area contributed by atoms with Crippen LogP contribution in [0.4, 0.5) is 0 Å². The number of hydrogen-bond donors (Lipinski definition) is 1. The van der Waals surface area contributed by atoms with Crippen molar-refractivity contribution in [2.45, 2.75) is 95.7 Å². The number of ether oxygens (including phenoxy) is 3. The minimum Gasteiger partial charge on any atom is -0.414 e. The highest BCUT2D eigenvalue weighted by Gasteiger charge is 2.62. The van der Waals surface area contributed by atoms with E-state index in [9.17, 15) is 13.5 Å². The van der Waals surface area contributed by atoms with Gasteiger partial charge in [0.2, 0.25) is 0 Å². The SMILES string of the molecule is CC1(C)O[C@H]2[C@@H]([C@H](CO[Si](C)(C)C(C)(C)C)OS(C)(=O)=O)O[C@@](C)(O)[C@H]2O1. The number of hydrogen-bond acceptors (Lipinski definition) is 8. The molecule has 10 heteroatoms. The number of aliphatic hydroxyl groups is 1. The van der Waals surface area contributed by atoms with E-state index in [4.69, 9.17) is 22.8 Å². The van der Waals surface area contributed by atoms with Crippen molar-refractivity contribution in [2.24, 2.45) is 0 Å². The Hall–Kier alpha value is -0.0731. The van der Waals surface area contributed by atoms with Gasteiger partial charge in [-0.15, -0.1) is 0 Å². The van der Waals surface area contributed by atoms with Crippen LogP contribution in [0.25, 0.3) is 0 Å². The molecule has 2 heterocycles. The van der Waals surface area contributed by atoms with Gasteiger partial charge in [0.25, 0.3) is 10.1 Å². The van der Waals surface area contributed by atoms with Gasteiger partial charge >= 0.3 is 0 Å². The van der Waals surface area contributed by atoms with Gasteiger partial charge in [-0.2, -0.15) is 8.42 Å². The second-order valence-electron chi connectivity index (χ2n) is 9.57. The lowest BCUT2D eigenvalue weighted by molar-refractivity contribution is -0.273. The predicted molar refractivity (Wildman–Crippen MR) is 102 cm³/mol. The Labute approximate surface area is 163 Å². The summed E-state index contributed by atoms with van der Waals surface area (Å²) in [4.78, 5) is 0. The Morgan fingerprint density at radius 3 is 2.19 bits per heavy atom. The summed E-state index contributed by atoms with van der Waals surface area (Å²) < 4.78 is 52.5. The standard InChI is InChI=1S/C17H34O8SSi/c1-15(2,3)27(8,9)21-10-11(25-26(7,19)20)12-13-14(17(6,18)23-12)24-16(4,5)22-13/h11-14,18H,10H2,1-9H3/t11-,12+,13-,14-,17+/m0/s1. The monoisotopic (exact) mass is 426 g/mol. The lowest BCUT2D eigenvalue weighted by Crippen LogP contribution is -2.48. The van der Waals surface area contributed by atoms with Gasteiger partial charge in [-0.25, -0.2) is 0 Å². The fourth-order valence-corrected chi connectivity index (χ4v) is 4.68. The van der Waals surface area contributed by atoms with Crippen molar-refractivity contribution < 1.29 is 36.3 Å². The van der Waals surface area contributed by atoms with Crippen molar-refractivity contribution in [1.82, 2.24) is 0 Å². The molecule has 0 aliphatic carbocycles. The molecule has 0 unspecified atom stereocenters. The normalized spacial score (nSPS) is 35.3. The summed E-state index contributed by atoms with van der Waals surface area (Å²) in [5, 5.41) is 10.6. The molecule has 2 aliphatic heterocycles. The minimum atomic E-state index is -3.78. The van der Waals surface area contributed by atoms with Gasteiger partial charge in [-0.1, -0.05) is 20.8 Å². The van der Waals surface area contributed by atoms with Crippen LogP contribution in [0, 0.1) is 0 Å². The minimum absolute atomic E-state index is 0.0112. The van der Waals surface area contributed by atoms with Crippen molar-refractivity contribution >= 4 is 18.4 Å². The van der Waals surface area contributed by atoms with E-state index in [-0.39, 0.29) is 11.6 Å². The van der Waals surface area contributed by atoms with Crippen LogP contribution in [0.1, 0.15) is 41.5 Å². The van der Waals surface area contributed by atoms with E-state index in [1.54, 1.807) is 13.8 Å². The van der Waals surface area contributed by atoms with Gasteiger partial charge in [0.1, 0.15) is 24.4 Å². The quantitative estimate of drug-likeness (QED) is 0.508. The zero-order valence-corrected chi connectivity index (χ0v) is 19.5. The van der Waals surface area contributed by atoms with E-state index in [1.165, 1.54) is 6.92 Å². The van der Waals surface area contributed by atoms with E-state index in [0.717, 1.165) is 6.26 Å². The summed E-state index contributed by atoms with van der Waals surface area (Å²) in [6.07, 6.45) is -2.27. The smallest absolute Gasteiger partial charge is 0.264 e. The summed E-state index contributed by atoms with van der Waals surface area (Å²) >= 11 is 0. The largest absolute Gasteiger partial charge is 0.414 e. The zero-order valence-electron chi connectivity index (χ0n) is 17.7. The average Bonchev–Trinajstić information content (AvgIpc) is 2.85. The molecule has 2 aliphatic rings. The molecule has 1 N–H and O–H groups in total. The average molecular weight is 427 g/mol. The number of rotatable bonds is 6. The highest BCUT2D eigenvalue weighted by atomic mass is 32.2. The van der Waals surface area contributed by atoms with E-state index >= 15 is 0 Å². The maximum absolute atomic E-state index is 11.8. The van der Waals surface area contributed by atoms with Gasteiger partial charge in [0.15, 0.2) is 19.9 Å². The van der Waals surface area contributed by atoms with E-state index in [1.807, 2.05) is 0 Å². The summed E-state index contributed by atoms with van der Waals surface area (Å²) in [5.74, 6) is -2.55. The first-order valence-corrected chi connectivity index (χ1v) is 13.9. The van der Waals surface area contributed by atoms with Gasteiger partial charge in [-0.3, -0.25) is 4.18 Å². The molecule has 2 fully saturated rings. The molecule has 0 amide bonds. The topological polar surface area (TPSA) is 101 Å². The van der Waals surface area contributed by atoms with Crippen LogP contribution < -0.4 is 0 Å². The van der Waals surface area contributed by atoms with Crippen LogP contribution in [-0.2, 0) is 32.9 Å². The first-order valence-electron chi connectivity index (χ1n) is 9.13. The third-order valence-corrected chi connectivity index (χ3v) is 10.5. The maximum atomic E-state index is 11.8. The zero-order chi connectivity index (χ0) is 21.1. The molecule has 0 saturated carbocycles. The van der Waals surface area contributed by atoms with Crippen molar-refractivity contribution in [3.8, 4) is 0 Å². The molecular weight excluding hydrogens is 392 g/mol. The fraction of sp³-hybridized carbons (Fsp3) is 1.00. The summed E-state index contributed by atoms with van der Waals surface area (Å²) in [6, 6.07) is 0. The van der Waals surface area contributed by atoms with Gasteiger partial charge in [-0.05, 0) is 38.9 Å². The summed E-state index contributed by atoms with van der Waals surface area (Å²) in [5.41, 5.74) is 0. The second kappa shape index (κ2) is 7.01. The van der Waals surface area contributed by atoms with Crippen LogP contribution in [-0.4, -0.2) is 70.7 Å². The molecular formula is C17H34O8SSi. The Bertz CT molecular complexity index is 652. The maximum Gasteiger partial charge on any atom is 0.264 e. The van der Waals surface area contributed by atoms with E-state index < -0.39 is 54.4 Å². The Balaban J connectivity index is 2.26. The van der Waals surface area contributed by atoms with Crippen molar-refractivity contribution in [3.63, 3.8) is 0 Å². The van der Waals surface area contributed by atoms with Gasteiger partial charge in [0, 0.05) is 0 Å². The van der Waals surface area contributed by atoms with E-state index in [0.29, 0.717) is 0 Å². The van der Waals surface area contributed by atoms with E-state index in [2.05, 4.69) is 33.9 Å². The molecule has 0 radical (unpaired) electrons. The molecule has 0 aromatic carbocycles. The van der Waals surface area contributed by atoms with Crippen molar-refractivity contribution in [3.05, 3.63) is 0 Å². The van der Waals surface area contributed by atoms with Crippen molar-refractivity contribution in [2.75, 3.05) is 12.9 Å². The third-order valence-electron chi connectivity index (χ3n) is 5.43. The van der Waals surface area contributed by atoms with Crippen LogP contribution in [0.15, 0.2) is 0 Å². The van der Waals surface area contributed by atoms with Gasteiger partial charge in [0.05, 0.1) is 12.9 Å². The van der Waals surface area contributed by atoms with Crippen molar-refractivity contribution in [1.29, 1.82) is 0 Å². The lowest BCUT2D eigenvalue weighted by atomic mass is 10.0. The molecule has 5 atom stereocenters. The molecule has 0 spiro atoms. The van der Waals surface area contributed by atoms with Crippen LogP contribution in [0.5, 0.6) is 0 Å². The molecule has 2 saturated heterocycles. The van der Waals surface area contributed by atoms with Crippen LogP contribution >= 0.6 is 0 Å². The molecule has 160 valence electrons. The van der Waals surface area contributed by atoms with Crippen LogP contribution in [0.3, 0.4) is 0 Å². The lowest BCUT2D eigenvalue weighted by Gasteiger charge is -2.38. The first-order chi connectivity index (χ1) is 11.8. The molecule has 2 rings (SSSR count). The molecule has 8 nitrogen and oxygen atoms in total. The Morgan fingerprint density at radius 2 is 1.70 bits per heavy atom. The van der Waals surface area contributed by atoms with Gasteiger partial charge < -0.3 is 23.7 Å². The molecule has 0 aromatic rings. The Kier molecular flexibility index (Phi) is 6.03. The highest BCUT2D eigenvalue weighted by molar-refractivity contribution is 7.86. The third kappa shape index (κ3) is 5.30. The molecule has 27 heavy (non-hydrogen) atoms. The molecule has 0 bridgehead atoms. The Morgan fingerprint density at radius 1 is 1.15 bits per heavy atom. The second-order valence-corrected chi connectivity index (χ2v) is 16.0.